The molecule has 1 aromatic carbocycles. The lowest BCUT2D eigenvalue weighted by Crippen LogP contribution is -1.94. The lowest BCUT2D eigenvalue weighted by molar-refractivity contribution is 1.09. The summed E-state index contributed by atoms with van der Waals surface area (Å²) < 4.78 is 0. The molecule has 0 bridgehead atoms. The SMILES string of the molecule is Cc1cnc(N)c(-c2ccc(-c3cn[nH]c3)cc2)c1. The predicted octanol–water partition coefficient (Wildman–Crippen LogP) is 3.03. The van der Waals surface area contributed by atoms with Gasteiger partial charge in [-0.05, 0) is 29.7 Å². The van der Waals surface area contributed by atoms with Crippen LogP contribution in [0.1, 0.15) is 5.56 Å². The number of pyridine rings is 1. The summed E-state index contributed by atoms with van der Waals surface area (Å²) in [6.45, 7) is 2.01. The van der Waals surface area contributed by atoms with Crippen LogP contribution in [0.25, 0.3) is 22.3 Å². The molecule has 0 unspecified atom stereocenters. The van der Waals surface area contributed by atoms with E-state index < -0.39 is 0 Å². The zero-order valence-electron chi connectivity index (χ0n) is 10.6. The number of aromatic nitrogens is 3. The van der Waals surface area contributed by atoms with Crippen LogP contribution in [0.2, 0.25) is 0 Å². The lowest BCUT2D eigenvalue weighted by atomic mass is 10.0. The van der Waals surface area contributed by atoms with Crippen molar-refractivity contribution in [3.63, 3.8) is 0 Å². The maximum Gasteiger partial charge on any atom is 0.131 e. The van der Waals surface area contributed by atoms with Gasteiger partial charge in [-0.25, -0.2) is 4.98 Å². The van der Waals surface area contributed by atoms with E-state index in [-0.39, 0.29) is 0 Å². The quantitative estimate of drug-likeness (QED) is 0.734. The van der Waals surface area contributed by atoms with Crippen LogP contribution in [0, 0.1) is 6.92 Å². The summed E-state index contributed by atoms with van der Waals surface area (Å²) in [5, 5.41) is 6.76. The van der Waals surface area contributed by atoms with Crippen LogP contribution in [0.15, 0.2) is 48.9 Å². The van der Waals surface area contributed by atoms with E-state index >= 15 is 0 Å². The molecule has 4 nitrogen and oxygen atoms in total. The first-order valence-corrected chi connectivity index (χ1v) is 6.06. The summed E-state index contributed by atoms with van der Waals surface area (Å²) in [6.07, 6.45) is 5.45. The highest BCUT2D eigenvalue weighted by molar-refractivity contribution is 5.76. The number of anilines is 1. The Balaban J connectivity index is 2.01. The fraction of sp³-hybridized carbons (Fsp3) is 0.0667. The number of nitrogens with one attached hydrogen (secondary N) is 1. The molecule has 3 aromatic rings. The molecule has 94 valence electrons. The fourth-order valence-electron chi connectivity index (χ4n) is 2.06. The van der Waals surface area contributed by atoms with Gasteiger partial charge in [0.2, 0.25) is 0 Å². The van der Waals surface area contributed by atoms with Crippen molar-refractivity contribution in [2.24, 2.45) is 0 Å². The van der Waals surface area contributed by atoms with Gasteiger partial charge in [-0.2, -0.15) is 5.10 Å². The van der Waals surface area contributed by atoms with Crippen LogP contribution >= 0.6 is 0 Å². The first kappa shape index (κ1) is 11.5. The molecule has 0 spiro atoms. The molecule has 0 radical (unpaired) electrons. The molecular weight excluding hydrogens is 236 g/mol. The summed E-state index contributed by atoms with van der Waals surface area (Å²) in [4.78, 5) is 4.19. The van der Waals surface area contributed by atoms with Crippen molar-refractivity contribution in [1.29, 1.82) is 0 Å². The van der Waals surface area contributed by atoms with Gasteiger partial charge in [0.1, 0.15) is 5.82 Å². The summed E-state index contributed by atoms with van der Waals surface area (Å²) in [6, 6.07) is 10.3. The summed E-state index contributed by atoms with van der Waals surface area (Å²) in [7, 11) is 0. The van der Waals surface area contributed by atoms with Crippen molar-refractivity contribution in [2.75, 3.05) is 5.73 Å². The van der Waals surface area contributed by atoms with Crippen molar-refractivity contribution in [3.05, 3.63) is 54.5 Å². The highest BCUT2D eigenvalue weighted by Crippen LogP contribution is 2.27. The molecule has 0 amide bonds. The smallest absolute Gasteiger partial charge is 0.131 e. The Labute approximate surface area is 111 Å². The number of hydrogen-bond donors (Lipinski definition) is 2. The van der Waals surface area contributed by atoms with Crippen LogP contribution in [-0.4, -0.2) is 15.2 Å². The molecule has 4 heteroatoms. The number of rotatable bonds is 2. The van der Waals surface area contributed by atoms with Gasteiger partial charge in [0.25, 0.3) is 0 Å². The summed E-state index contributed by atoms with van der Waals surface area (Å²) in [5.41, 5.74) is 11.3. The van der Waals surface area contributed by atoms with Gasteiger partial charge in [0, 0.05) is 23.5 Å². The number of nitrogens with two attached hydrogens (primary N) is 1. The lowest BCUT2D eigenvalue weighted by Gasteiger charge is -2.07. The second-order valence-electron chi connectivity index (χ2n) is 4.51. The van der Waals surface area contributed by atoms with E-state index in [0.717, 1.165) is 27.8 Å². The minimum atomic E-state index is 0.557. The van der Waals surface area contributed by atoms with Crippen LogP contribution in [0.4, 0.5) is 5.82 Å². The molecule has 3 rings (SSSR count). The topological polar surface area (TPSA) is 67.6 Å². The van der Waals surface area contributed by atoms with Crippen LogP contribution in [0.5, 0.6) is 0 Å². The van der Waals surface area contributed by atoms with E-state index in [9.17, 15) is 0 Å². The predicted molar refractivity (Wildman–Crippen MR) is 76.4 cm³/mol. The number of nitrogen functional groups attached to an aromatic ring is 1. The van der Waals surface area contributed by atoms with Crippen LogP contribution < -0.4 is 5.73 Å². The zero-order valence-corrected chi connectivity index (χ0v) is 10.6. The van der Waals surface area contributed by atoms with Crippen LogP contribution in [-0.2, 0) is 0 Å². The molecule has 0 saturated heterocycles. The van der Waals surface area contributed by atoms with Gasteiger partial charge < -0.3 is 5.73 Å². The highest BCUT2D eigenvalue weighted by Gasteiger charge is 2.05. The third-order valence-electron chi connectivity index (χ3n) is 3.08. The van der Waals surface area contributed by atoms with Gasteiger partial charge in [-0.1, -0.05) is 24.3 Å². The van der Waals surface area contributed by atoms with Crippen molar-refractivity contribution in [3.8, 4) is 22.3 Å². The molecule has 0 saturated carbocycles. The normalized spacial score (nSPS) is 10.6. The van der Waals surface area contributed by atoms with Crippen molar-refractivity contribution >= 4 is 5.82 Å². The number of aromatic amines is 1. The minimum Gasteiger partial charge on any atom is -0.383 e. The van der Waals surface area contributed by atoms with E-state index in [0.29, 0.717) is 5.82 Å². The molecular formula is C15H14N4. The van der Waals surface area contributed by atoms with Gasteiger partial charge in [-0.3, -0.25) is 5.10 Å². The minimum absolute atomic E-state index is 0.557. The molecule has 0 fully saturated rings. The maximum absolute atomic E-state index is 5.93. The first-order chi connectivity index (χ1) is 9.24. The van der Waals surface area contributed by atoms with Gasteiger partial charge in [-0.15, -0.1) is 0 Å². The third-order valence-corrected chi connectivity index (χ3v) is 3.08. The second kappa shape index (κ2) is 4.57. The number of nitrogens with zero attached hydrogens (tertiary/aromatic N) is 2. The Bertz CT molecular complexity index is 685. The Kier molecular flexibility index (Phi) is 2.76. The second-order valence-corrected chi connectivity index (χ2v) is 4.51. The van der Waals surface area contributed by atoms with E-state index in [1.54, 1.807) is 12.4 Å². The van der Waals surface area contributed by atoms with E-state index in [4.69, 9.17) is 5.73 Å². The first-order valence-electron chi connectivity index (χ1n) is 6.06. The van der Waals surface area contributed by atoms with Crippen molar-refractivity contribution in [2.45, 2.75) is 6.92 Å². The summed E-state index contributed by atoms with van der Waals surface area (Å²) in [5.74, 6) is 0.557. The maximum atomic E-state index is 5.93. The third kappa shape index (κ3) is 2.20. The molecule has 0 aliphatic rings. The van der Waals surface area contributed by atoms with Crippen molar-refractivity contribution < 1.29 is 0 Å². The molecule has 0 atom stereocenters. The molecule has 2 heterocycles. The van der Waals surface area contributed by atoms with Gasteiger partial charge in [0.15, 0.2) is 0 Å². The average molecular weight is 250 g/mol. The Morgan fingerprint density at radius 2 is 1.74 bits per heavy atom. The van der Waals surface area contributed by atoms with Gasteiger partial charge >= 0.3 is 0 Å². The molecule has 0 aliphatic heterocycles. The number of hydrogen-bond acceptors (Lipinski definition) is 3. The summed E-state index contributed by atoms with van der Waals surface area (Å²) >= 11 is 0. The van der Waals surface area contributed by atoms with E-state index in [2.05, 4.69) is 45.5 Å². The Morgan fingerprint density at radius 3 is 2.42 bits per heavy atom. The van der Waals surface area contributed by atoms with E-state index in [1.165, 1.54) is 0 Å². The monoisotopic (exact) mass is 250 g/mol. The molecule has 0 aliphatic carbocycles. The number of aryl methyl sites for hydroxylation is 1. The largest absolute Gasteiger partial charge is 0.383 e. The van der Waals surface area contributed by atoms with Crippen LogP contribution in [0.3, 0.4) is 0 Å². The Morgan fingerprint density at radius 1 is 1.00 bits per heavy atom. The zero-order chi connectivity index (χ0) is 13.2. The molecule has 19 heavy (non-hydrogen) atoms. The molecule has 2 aromatic heterocycles. The standard InChI is InChI=1S/C15H14N4/c1-10-6-14(15(16)17-7-10)12-4-2-11(3-5-12)13-8-18-19-9-13/h2-9H,1H3,(H2,16,17)(H,18,19). The number of benzene rings is 1. The molecule has 3 N–H and O–H groups in total. The number of H-pyrrole nitrogens is 1. The van der Waals surface area contributed by atoms with Gasteiger partial charge in [0.05, 0.1) is 6.20 Å². The highest BCUT2D eigenvalue weighted by atomic mass is 15.1. The van der Waals surface area contributed by atoms with E-state index in [1.807, 2.05) is 13.1 Å². The Hall–Kier alpha value is -2.62. The fourth-order valence-corrected chi connectivity index (χ4v) is 2.06. The van der Waals surface area contributed by atoms with Crippen molar-refractivity contribution in [1.82, 2.24) is 15.2 Å². The average Bonchev–Trinajstić information content (AvgIpc) is 2.96.